The van der Waals surface area contributed by atoms with Gasteiger partial charge in [0.25, 0.3) is 0 Å². The monoisotopic (exact) mass is 274 g/mol. The summed E-state index contributed by atoms with van der Waals surface area (Å²) in [4.78, 5) is 0. The Balaban J connectivity index is 2.14. The van der Waals surface area contributed by atoms with Crippen molar-refractivity contribution in [3.05, 3.63) is 65.5 Å². The molecule has 2 aromatic carbocycles. The molecular weight excluding hydrogens is 259 g/mol. The molecule has 20 heavy (non-hydrogen) atoms. The third kappa shape index (κ3) is 2.17. The summed E-state index contributed by atoms with van der Waals surface area (Å²) in [5.41, 5.74) is 1.02. The first-order chi connectivity index (χ1) is 9.72. The van der Waals surface area contributed by atoms with E-state index in [0.29, 0.717) is 24.3 Å². The van der Waals surface area contributed by atoms with Crippen LogP contribution in [0, 0.1) is 5.82 Å². The van der Waals surface area contributed by atoms with Crippen LogP contribution in [0.3, 0.4) is 0 Å². The van der Waals surface area contributed by atoms with Crippen LogP contribution in [0.15, 0.2) is 48.5 Å². The average Bonchev–Trinajstić information content (AvgIpc) is 2.49. The molecule has 0 spiro atoms. The van der Waals surface area contributed by atoms with Gasteiger partial charge >= 0.3 is 0 Å². The molecule has 1 saturated heterocycles. The van der Waals surface area contributed by atoms with Gasteiger partial charge in [-0.3, -0.25) is 0 Å². The van der Waals surface area contributed by atoms with Gasteiger partial charge in [0.2, 0.25) is 5.79 Å². The van der Waals surface area contributed by atoms with Crippen LogP contribution in [0.5, 0.6) is 5.75 Å². The summed E-state index contributed by atoms with van der Waals surface area (Å²) in [6.45, 7) is 0.990. The molecule has 1 fully saturated rings. The molecule has 1 heterocycles. The highest BCUT2D eigenvalue weighted by molar-refractivity contribution is 5.37. The van der Waals surface area contributed by atoms with E-state index < -0.39 is 5.79 Å². The molecule has 1 N–H and O–H groups in total. The van der Waals surface area contributed by atoms with Crippen LogP contribution >= 0.6 is 0 Å². The van der Waals surface area contributed by atoms with Crippen molar-refractivity contribution < 1.29 is 19.0 Å². The first-order valence-electron chi connectivity index (χ1n) is 6.55. The van der Waals surface area contributed by atoms with Crippen LogP contribution in [0.25, 0.3) is 0 Å². The molecule has 0 aromatic heterocycles. The summed E-state index contributed by atoms with van der Waals surface area (Å²) in [5, 5.41) is 9.41. The van der Waals surface area contributed by atoms with Crippen molar-refractivity contribution in [1.82, 2.24) is 0 Å². The molecule has 0 amide bonds. The molecule has 3 rings (SSSR count). The zero-order valence-electron chi connectivity index (χ0n) is 10.9. The van der Waals surface area contributed by atoms with E-state index in [2.05, 4.69) is 0 Å². The van der Waals surface area contributed by atoms with E-state index in [9.17, 15) is 9.50 Å². The number of benzene rings is 2. The Labute approximate surface area is 116 Å². The number of halogens is 1. The van der Waals surface area contributed by atoms with Gasteiger partial charge in [0, 0.05) is 5.56 Å². The van der Waals surface area contributed by atoms with E-state index in [1.54, 1.807) is 42.5 Å². The maximum Gasteiger partial charge on any atom is 0.225 e. The number of phenols is 1. The van der Waals surface area contributed by atoms with Crippen LogP contribution in [0.4, 0.5) is 4.39 Å². The summed E-state index contributed by atoms with van der Waals surface area (Å²) in [7, 11) is 0. The van der Waals surface area contributed by atoms with Crippen molar-refractivity contribution in [2.75, 3.05) is 13.2 Å². The van der Waals surface area contributed by atoms with E-state index >= 15 is 0 Å². The van der Waals surface area contributed by atoms with Gasteiger partial charge in [-0.05, 0) is 36.8 Å². The number of rotatable bonds is 2. The predicted octanol–water partition coefficient (Wildman–Crippen LogP) is 3.17. The molecule has 2 aromatic rings. The Morgan fingerprint density at radius 3 is 2.25 bits per heavy atom. The zero-order valence-corrected chi connectivity index (χ0v) is 10.9. The van der Waals surface area contributed by atoms with Crippen molar-refractivity contribution in [3.8, 4) is 5.75 Å². The van der Waals surface area contributed by atoms with Gasteiger partial charge in [-0.15, -0.1) is 0 Å². The first-order valence-corrected chi connectivity index (χ1v) is 6.55. The summed E-state index contributed by atoms with van der Waals surface area (Å²) in [5.74, 6) is -1.46. The van der Waals surface area contributed by atoms with Crippen molar-refractivity contribution in [2.45, 2.75) is 12.2 Å². The minimum atomic E-state index is -1.24. The fourth-order valence-electron chi connectivity index (χ4n) is 2.42. The first kappa shape index (κ1) is 13.1. The Hall–Kier alpha value is -1.91. The molecule has 1 aliphatic rings. The molecule has 4 heteroatoms. The highest BCUT2D eigenvalue weighted by Gasteiger charge is 2.40. The minimum absolute atomic E-state index is 0.147. The lowest BCUT2D eigenvalue weighted by Gasteiger charge is -2.38. The average molecular weight is 274 g/mol. The van der Waals surface area contributed by atoms with Crippen LogP contribution in [0.1, 0.15) is 17.5 Å². The molecule has 0 bridgehead atoms. The summed E-state index contributed by atoms with van der Waals surface area (Å²) in [6, 6.07) is 12.9. The standard InChI is InChI=1S/C16H15FO3/c17-15-5-2-1-4-14(15)16(19-10-3-11-20-16)12-6-8-13(18)9-7-12/h1-2,4-9,18H,3,10-11H2. The number of phenolic OH excluding ortho intramolecular Hbond substituents is 1. The summed E-state index contributed by atoms with van der Waals surface area (Å²) >= 11 is 0. The van der Waals surface area contributed by atoms with Gasteiger partial charge < -0.3 is 14.6 Å². The molecule has 0 atom stereocenters. The van der Waals surface area contributed by atoms with Crippen molar-refractivity contribution in [3.63, 3.8) is 0 Å². The van der Waals surface area contributed by atoms with Gasteiger partial charge in [0.05, 0.1) is 18.8 Å². The number of hydrogen-bond donors (Lipinski definition) is 1. The SMILES string of the molecule is Oc1ccc(C2(c3ccccc3F)OCCCO2)cc1. The normalized spacial score (nSPS) is 17.9. The van der Waals surface area contributed by atoms with Gasteiger partial charge in [-0.25, -0.2) is 4.39 Å². The van der Waals surface area contributed by atoms with Gasteiger partial charge in [-0.1, -0.05) is 18.2 Å². The molecule has 0 radical (unpaired) electrons. The number of aromatic hydroxyl groups is 1. The van der Waals surface area contributed by atoms with E-state index in [-0.39, 0.29) is 11.6 Å². The second-order valence-electron chi connectivity index (χ2n) is 4.69. The molecule has 104 valence electrons. The highest BCUT2D eigenvalue weighted by atomic mass is 19.1. The Bertz CT molecular complexity index is 589. The van der Waals surface area contributed by atoms with Crippen molar-refractivity contribution in [1.29, 1.82) is 0 Å². The quantitative estimate of drug-likeness (QED) is 0.914. The van der Waals surface area contributed by atoms with Crippen LogP contribution < -0.4 is 0 Å². The zero-order chi connectivity index (χ0) is 14.0. The van der Waals surface area contributed by atoms with Crippen molar-refractivity contribution >= 4 is 0 Å². The smallest absolute Gasteiger partial charge is 0.225 e. The van der Waals surface area contributed by atoms with E-state index in [1.165, 1.54) is 6.07 Å². The maximum atomic E-state index is 14.2. The number of ether oxygens (including phenoxy) is 2. The fourth-order valence-corrected chi connectivity index (χ4v) is 2.42. The fraction of sp³-hybridized carbons (Fsp3) is 0.250. The van der Waals surface area contributed by atoms with Crippen molar-refractivity contribution in [2.24, 2.45) is 0 Å². The minimum Gasteiger partial charge on any atom is -0.508 e. The van der Waals surface area contributed by atoms with E-state index in [4.69, 9.17) is 9.47 Å². The third-order valence-electron chi connectivity index (χ3n) is 3.38. The molecular formula is C16H15FO3. The molecule has 0 unspecified atom stereocenters. The Morgan fingerprint density at radius 1 is 0.950 bits per heavy atom. The highest BCUT2D eigenvalue weighted by Crippen LogP contribution is 2.39. The molecule has 1 aliphatic heterocycles. The lowest BCUT2D eigenvalue weighted by Crippen LogP contribution is -2.39. The van der Waals surface area contributed by atoms with Crippen LogP contribution in [-0.4, -0.2) is 18.3 Å². The third-order valence-corrected chi connectivity index (χ3v) is 3.38. The van der Waals surface area contributed by atoms with Gasteiger partial charge in [-0.2, -0.15) is 0 Å². The Kier molecular flexibility index (Phi) is 3.42. The van der Waals surface area contributed by atoms with Crippen LogP contribution in [0.2, 0.25) is 0 Å². The molecule has 0 aliphatic carbocycles. The summed E-state index contributed by atoms with van der Waals surface area (Å²) in [6.07, 6.45) is 0.772. The lowest BCUT2D eigenvalue weighted by atomic mass is 9.95. The Morgan fingerprint density at radius 2 is 1.60 bits per heavy atom. The number of hydrogen-bond acceptors (Lipinski definition) is 3. The van der Waals surface area contributed by atoms with E-state index in [0.717, 1.165) is 6.42 Å². The van der Waals surface area contributed by atoms with E-state index in [1.807, 2.05) is 0 Å². The van der Waals surface area contributed by atoms with Crippen LogP contribution in [-0.2, 0) is 15.3 Å². The largest absolute Gasteiger partial charge is 0.508 e. The van der Waals surface area contributed by atoms with Gasteiger partial charge in [0.15, 0.2) is 0 Å². The summed E-state index contributed by atoms with van der Waals surface area (Å²) < 4.78 is 25.8. The molecule has 0 saturated carbocycles. The molecule has 3 nitrogen and oxygen atoms in total. The second-order valence-corrected chi connectivity index (χ2v) is 4.69. The second kappa shape index (κ2) is 5.23. The lowest BCUT2D eigenvalue weighted by molar-refractivity contribution is -0.250. The topological polar surface area (TPSA) is 38.7 Å². The maximum absolute atomic E-state index is 14.2. The van der Waals surface area contributed by atoms with Gasteiger partial charge in [0.1, 0.15) is 11.6 Å². The predicted molar refractivity (Wildman–Crippen MR) is 71.8 cm³/mol.